The normalized spacial score (nSPS) is 20.9. The van der Waals surface area contributed by atoms with Crippen LogP contribution in [0.1, 0.15) is 70.3 Å². The molecule has 0 radical (unpaired) electrons. The Bertz CT molecular complexity index is 1980. The van der Waals surface area contributed by atoms with E-state index in [4.69, 9.17) is 26.1 Å². The molecule has 2 aliphatic heterocycles. The van der Waals surface area contributed by atoms with Crippen molar-refractivity contribution in [2.24, 2.45) is 23.7 Å². The maximum atomic E-state index is 14.6. The van der Waals surface area contributed by atoms with E-state index < -0.39 is 11.7 Å². The summed E-state index contributed by atoms with van der Waals surface area (Å²) in [5.74, 6) is 1.93. The molecule has 2 aromatic heterocycles. The van der Waals surface area contributed by atoms with E-state index in [2.05, 4.69) is 25.8 Å². The van der Waals surface area contributed by atoms with Crippen LogP contribution in [0.3, 0.4) is 0 Å². The number of benzene rings is 2. The van der Waals surface area contributed by atoms with Gasteiger partial charge in [-0.3, -0.25) is 10.1 Å². The molecule has 14 nitrogen and oxygen atoms in total. The molecule has 1 aliphatic carbocycles. The number of piperidine rings is 2. The minimum atomic E-state index is -0.549. The average Bonchev–Trinajstić information content (AvgIpc) is 3.63. The van der Waals surface area contributed by atoms with E-state index in [1.807, 2.05) is 55.0 Å². The van der Waals surface area contributed by atoms with Crippen LogP contribution in [0.4, 0.5) is 15.3 Å². The van der Waals surface area contributed by atoms with Crippen LogP contribution in [-0.4, -0.2) is 90.4 Å². The standard InChI is InChI=1S/C39H46ClN9O5/c1-39(2,3)54-38(52)47-17-15-24(16-18-47)28-20-31(25-5-6-25)35(36-41-21-32(44-36)26-7-11-30(12-8-26)43-37(51)53-4)48(22-28)34(50)14-9-27-19-29(40)10-13-33(27)49-23-42-45-46-49/h7-14,19,21,23-25,28,31,35H,5-6,15-18,20,22H2,1-4H3,(H,41,44)(H,43,51)/b14-9+/t28-,31-,35-/m0/s1. The van der Waals surface area contributed by atoms with Crippen molar-refractivity contribution in [3.63, 3.8) is 0 Å². The van der Waals surface area contributed by atoms with Crippen LogP contribution in [0.15, 0.2) is 61.1 Å². The Morgan fingerprint density at radius 3 is 2.43 bits per heavy atom. The fraction of sp³-hybridized carbons (Fsp3) is 0.462. The van der Waals surface area contributed by atoms with Crippen LogP contribution in [0, 0.1) is 23.7 Å². The first-order valence-corrected chi connectivity index (χ1v) is 18.8. The van der Waals surface area contributed by atoms with Gasteiger partial charge in [-0.05, 0) is 129 Å². The Morgan fingerprint density at radius 1 is 1.00 bits per heavy atom. The Balaban J connectivity index is 1.17. The van der Waals surface area contributed by atoms with Gasteiger partial charge in [0.2, 0.25) is 5.91 Å². The minimum absolute atomic E-state index is 0.125. The quantitative estimate of drug-likeness (QED) is 0.178. The van der Waals surface area contributed by atoms with Gasteiger partial charge in [-0.15, -0.1) is 5.10 Å². The number of hydrogen-bond acceptors (Lipinski definition) is 9. The van der Waals surface area contributed by atoms with Crippen LogP contribution < -0.4 is 5.32 Å². The summed E-state index contributed by atoms with van der Waals surface area (Å²) in [6.45, 7) is 7.48. The number of aromatic amines is 1. The molecule has 0 spiro atoms. The third-order valence-corrected chi connectivity index (χ3v) is 10.8. The first-order valence-electron chi connectivity index (χ1n) is 18.5. The fourth-order valence-corrected chi connectivity index (χ4v) is 8.04. The lowest BCUT2D eigenvalue weighted by atomic mass is 9.72. The number of imidazole rings is 1. The highest BCUT2D eigenvalue weighted by Crippen LogP contribution is 2.52. The molecular formula is C39H46ClN9O5. The van der Waals surface area contributed by atoms with Crippen molar-refractivity contribution in [1.29, 1.82) is 0 Å². The van der Waals surface area contributed by atoms with E-state index in [1.54, 1.807) is 36.4 Å². The predicted octanol–water partition coefficient (Wildman–Crippen LogP) is 7.16. The maximum absolute atomic E-state index is 14.6. The summed E-state index contributed by atoms with van der Waals surface area (Å²) in [4.78, 5) is 51.4. The summed E-state index contributed by atoms with van der Waals surface area (Å²) in [7, 11) is 1.32. The summed E-state index contributed by atoms with van der Waals surface area (Å²) < 4.78 is 11.9. The second-order valence-electron chi connectivity index (χ2n) is 15.4. The number of hydrogen-bond donors (Lipinski definition) is 2. The second-order valence-corrected chi connectivity index (χ2v) is 15.8. The van der Waals surface area contributed by atoms with Gasteiger partial charge < -0.3 is 24.3 Å². The lowest BCUT2D eigenvalue weighted by Crippen LogP contribution is -2.50. The Hall–Kier alpha value is -5.24. The predicted molar refractivity (Wildman–Crippen MR) is 203 cm³/mol. The molecule has 0 unspecified atom stereocenters. The monoisotopic (exact) mass is 755 g/mol. The third-order valence-electron chi connectivity index (χ3n) is 10.6. The van der Waals surface area contributed by atoms with Crippen molar-refractivity contribution in [3.8, 4) is 16.9 Å². The Labute approximate surface area is 319 Å². The van der Waals surface area contributed by atoms with Crippen LogP contribution in [0.5, 0.6) is 0 Å². The molecule has 2 saturated heterocycles. The zero-order valence-corrected chi connectivity index (χ0v) is 31.7. The first-order chi connectivity index (χ1) is 26.0. The highest BCUT2D eigenvalue weighted by atomic mass is 35.5. The highest BCUT2D eigenvalue weighted by Gasteiger charge is 2.48. The van der Waals surface area contributed by atoms with Gasteiger partial charge in [0.15, 0.2) is 0 Å². The summed E-state index contributed by atoms with van der Waals surface area (Å²) in [6, 6.07) is 12.5. The van der Waals surface area contributed by atoms with Gasteiger partial charge in [-0.2, -0.15) is 4.68 Å². The summed E-state index contributed by atoms with van der Waals surface area (Å²) in [6.07, 6.45) is 10.8. The molecule has 0 bridgehead atoms. The molecule has 4 heterocycles. The molecule has 7 rings (SSSR count). The van der Waals surface area contributed by atoms with Crippen LogP contribution in [-0.2, 0) is 14.3 Å². The lowest BCUT2D eigenvalue weighted by Gasteiger charge is -2.47. The highest BCUT2D eigenvalue weighted by molar-refractivity contribution is 6.30. The van der Waals surface area contributed by atoms with Crippen LogP contribution in [0.25, 0.3) is 23.0 Å². The van der Waals surface area contributed by atoms with Gasteiger partial charge in [0.1, 0.15) is 17.8 Å². The number of nitrogens with one attached hydrogen (secondary N) is 2. The first kappa shape index (κ1) is 37.1. The van der Waals surface area contributed by atoms with E-state index in [9.17, 15) is 14.4 Å². The largest absolute Gasteiger partial charge is 0.453 e. The number of aromatic nitrogens is 6. The maximum Gasteiger partial charge on any atom is 0.411 e. The van der Waals surface area contributed by atoms with Gasteiger partial charge in [-0.25, -0.2) is 14.6 Å². The number of anilines is 1. The van der Waals surface area contributed by atoms with E-state index in [1.165, 1.54) is 18.1 Å². The Kier molecular flexibility index (Phi) is 10.7. The van der Waals surface area contributed by atoms with E-state index in [0.717, 1.165) is 49.2 Å². The van der Waals surface area contributed by atoms with Crippen LogP contribution >= 0.6 is 11.6 Å². The number of carbonyl (C=O) groups is 3. The zero-order valence-electron chi connectivity index (χ0n) is 30.9. The molecule has 3 aliphatic rings. The number of carbonyl (C=O) groups excluding carboxylic acids is 3. The number of H-pyrrole nitrogens is 1. The van der Waals surface area contributed by atoms with Crippen molar-refractivity contribution in [2.45, 2.75) is 64.5 Å². The minimum Gasteiger partial charge on any atom is -0.453 e. The molecular weight excluding hydrogens is 710 g/mol. The number of amides is 3. The molecule has 4 aromatic rings. The molecule has 2 N–H and O–H groups in total. The topological polar surface area (TPSA) is 160 Å². The third kappa shape index (κ3) is 8.59. The number of ether oxygens (including phenoxy) is 2. The number of likely N-dealkylation sites (tertiary alicyclic amines) is 2. The average molecular weight is 756 g/mol. The molecule has 3 amide bonds. The number of nitrogens with zero attached hydrogens (tertiary/aromatic N) is 7. The van der Waals surface area contributed by atoms with Crippen molar-refractivity contribution >= 4 is 41.5 Å². The molecule has 15 heteroatoms. The van der Waals surface area contributed by atoms with Crippen molar-refractivity contribution in [2.75, 3.05) is 32.1 Å². The van der Waals surface area contributed by atoms with Gasteiger partial charge in [0.05, 0.1) is 30.7 Å². The fourth-order valence-electron chi connectivity index (χ4n) is 7.86. The summed E-state index contributed by atoms with van der Waals surface area (Å²) in [5.41, 5.74) is 3.16. The Morgan fingerprint density at radius 2 is 1.76 bits per heavy atom. The number of halogens is 1. The molecule has 54 heavy (non-hydrogen) atoms. The van der Waals surface area contributed by atoms with Crippen molar-refractivity contribution in [1.82, 2.24) is 40.0 Å². The number of rotatable bonds is 8. The van der Waals surface area contributed by atoms with Gasteiger partial charge in [-0.1, -0.05) is 23.7 Å². The van der Waals surface area contributed by atoms with Gasteiger partial charge in [0.25, 0.3) is 0 Å². The van der Waals surface area contributed by atoms with Crippen molar-refractivity contribution < 1.29 is 23.9 Å². The second kappa shape index (κ2) is 15.6. The smallest absolute Gasteiger partial charge is 0.411 e. The molecule has 3 atom stereocenters. The van der Waals surface area contributed by atoms with Crippen LogP contribution in [0.2, 0.25) is 5.02 Å². The number of tetrazole rings is 1. The molecule has 1 saturated carbocycles. The molecule has 3 fully saturated rings. The molecule has 2 aromatic carbocycles. The van der Waals surface area contributed by atoms with Gasteiger partial charge in [0, 0.05) is 42.0 Å². The zero-order chi connectivity index (χ0) is 38.0. The molecule has 284 valence electrons. The summed E-state index contributed by atoms with van der Waals surface area (Å²) in [5, 5.41) is 14.8. The van der Waals surface area contributed by atoms with E-state index in [-0.39, 0.29) is 29.9 Å². The SMILES string of the molecule is COC(=O)Nc1ccc(-c2cnc([C@@H]3[C@H](C4CC4)C[C@H](C4CCN(C(=O)OC(C)(C)C)CC4)CN3C(=O)/C=C/c3cc(Cl)ccc3-n3cnnn3)[nH]2)cc1. The van der Waals surface area contributed by atoms with E-state index >= 15 is 0 Å². The summed E-state index contributed by atoms with van der Waals surface area (Å²) >= 11 is 6.40. The van der Waals surface area contributed by atoms with Gasteiger partial charge >= 0.3 is 12.2 Å². The lowest BCUT2D eigenvalue weighted by molar-refractivity contribution is -0.134. The van der Waals surface area contributed by atoms with E-state index in [0.29, 0.717) is 53.4 Å². The van der Waals surface area contributed by atoms with Crippen molar-refractivity contribution in [3.05, 3.63) is 77.5 Å². The number of methoxy groups -OCH3 is 1.